The van der Waals surface area contributed by atoms with Crippen molar-refractivity contribution in [2.75, 3.05) is 12.3 Å². The van der Waals surface area contributed by atoms with Crippen molar-refractivity contribution in [3.63, 3.8) is 0 Å². The summed E-state index contributed by atoms with van der Waals surface area (Å²) in [5, 5.41) is 2.87. The largest absolute Gasteiger partial charge is 0.354 e. The van der Waals surface area contributed by atoms with E-state index in [9.17, 15) is 14.0 Å². The Morgan fingerprint density at radius 1 is 1.03 bits per heavy atom. The summed E-state index contributed by atoms with van der Waals surface area (Å²) in [5.41, 5.74) is 0.403. The van der Waals surface area contributed by atoms with Gasteiger partial charge in [-0.2, -0.15) is 0 Å². The maximum atomic E-state index is 14.2. The van der Waals surface area contributed by atoms with Gasteiger partial charge in [-0.15, -0.1) is 11.8 Å². The number of carbonyl (C=O) groups is 2. The fourth-order valence-corrected chi connectivity index (χ4v) is 3.62. The minimum atomic E-state index is -0.678. The van der Waals surface area contributed by atoms with Crippen molar-refractivity contribution in [3.8, 4) is 0 Å². The topological polar surface area (TPSA) is 49.4 Å². The summed E-state index contributed by atoms with van der Waals surface area (Å²) < 4.78 is 14.2. The number of hydrogen-bond donors (Lipinski definition) is 1. The Balaban J connectivity index is 2.06. The molecular weight excluding hydrogens is 387 g/mol. The molecule has 2 aromatic rings. The van der Waals surface area contributed by atoms with Gasteiger partial charge in [0.1, 0.15) is 11.9 Å². The van der Waals surface area contributed by atoms with Gasteiger partial charge < -0.3 is 10.2 Å². The van der Waals surface area contributed by atoms with Crippen molar-refractivity contribution in [3.05, 3.63) is 66.0 Å². The van der Waals surface area contributed by atoms with Crippen molar-refractivity contribution in [1.29, 1.82) is 0 Å². The van der Waals surface area contributed by atoms with Crippen LogP contribution in [0.15, 0.2) is 59.5 Å². The van der Waals surface area contributed by atoms with Crippen molar-refractivity contribution in [2.24, 2.45) is 5.92 Å². The van der Waals surface area contributed by atoms with E-state index in [-0.39, 0.29) is 30.6 Å². The van der Waals surface area contributed by atoms with Gasteiger partial charge in [0.25, 0.3) is 0 Å². The third-order valence-electron chi connectivity index (χ3n) is 4.48. The predicted molar refractivity (Wildman–Crippen MR) is 116 cm³/mol. The van der Waals surface area contributed by atoms with Gasteiger partial charge in [0.2, 0.25) is 11.8 Å². The molecular formula is C23H29FN2O2S. The molecule has 0 bridgehead atoms. The van der Waals surface area contributed by atoms with Gasteiger partial charge in [-0.25, -0.2) is 4.39 Å². The standard InChI is InChI=1S/C23H29FN2O2S/c1-17(2)15-25-23(28)18(3)26(16-19-9-7-8-12-21(19)24)22(27)13-14-29-20-10-5-4-6-11-20/h4-12,17-18H,13-16H2,1-3H3,(H,25,28). The number of nitrogens with zero attached hydrogens (tertiary/aromatic N) is 1. The molecule has 2 aromatic carbocycles. The second kappa shape index (κ2) is 11.6. The van der Waals surface area contributed by atoms with Gasteiger partial charge in [-0.05, 0) is 31.0 Å². The number of benzene rings is 2. The molecule has 1 atom stereocenters. The van der Waals surface area contributed by atoms with Gasteiger partial charge in [-0.1, -0.05) is 50.2 Å². The lowest BCUT2D eigenvalue weighted by Crippen LogP contribution is -2.48. The van der Waals surface area contributed by atoms with Crippen molar-refractivity contribution < 1.29 is 14.0 Å². The van der Waals surface area contributed by atoms with Gasteiger partial charge in [0, 0.05) is 35.7 Å². The maximum absolute atomic E-state index is 14.2. The van der Waals surface area contributed by atoms with Crippen molar-refractivity contribution in [1.82, 2.24) is 10.2 Å². The Morgan fingerprint density at radius 2 is 1.69 bits per heavy atom. The van der Waals surface area contributed by atoms with Crippen LogP contribution in [0.1, 0.15) is 32.8 Å². The number of amides is 2. The lowest BCUT2D eigenvalue weighted by Gasteiger charge is -2.29. The molecule has 2 rings (SSSR count). The molecule has 0 radical (unpaired) electrons. The SMILES string of the molecule is CC(C)CNC(=O)C(C)N(Cc1ccccc1F)C(=O)CCSc1ccccc1. The molecule has 0 aliphatic heterocycles. The molecule has 156 valence electrons. The molecule has 0 saturated carbocycles. The van der Waals surface area contributed by atoms with E-state index < -0.39 is 6.04 Å². The van der Waals surface area contributed by atoms with E-state index in [1.54, 1.807) is 36.9 Å². The molecule has 6 heteroatoms. The van der Waals surface area contributed by atoms with E-state index in [2.05, 4.69) is 5.32 Å². The van der Waals surface area contributed by atoms with E-state index in [1.165, 1.54) is 11.0 Å². The van der Waals surface area contributed by atoms with Gasteiger partial charge in [0.05, 0.1) is 0 Å². The van der Waals surface area contributed by atoms with Gasteiger partial charge >= 0.3 is 0 Å². The third kappa shape index (κ3) is 7.54. The first-order chi connectivity index (χ1) is 13.9. The molecule has 4 nitrogen and oxygen atoms in total. The minimum absolute atomic E-state index is 0.0672. The average molecular weight is 417 g/mol. The first kappa shape index (κ1) is 22.9. The van der Waals surface area contributed by atoms with E-state index in [0.717, 1.165) is 4.90 Å². The molecule has 2 amide bonds. The average Bonchev–Trinajstić information content (AvgIpc) is 2.71. The van der Waals surface area contributed by atoms with Crippen LogP contribution in [-0.4, -0.2) is 35.1 Å². The smallest absolute Gasteiger partial charge is 0.242 e. The molecule has 0 spiro atoms. The number of carbonyl (C=O) groups excluding carboxylic acids is 2. The minimum Gasteiger partial charge on any atom is -0.354 e. The summed E-state index contributed by atoms with van der Waals surface area (Å²) in [7, 11) is 0. The van der Waals surface area contributed by atoms with Gasteiger partial charge in [-0.3, -0.25) is 9.59 Å². The lowest BCUT2D eigenvalue weighted by molar-refractivity contribution is -0.140. The first-order valence-electron chi connectivity index (χ1n) is 9.87. The monoisotopic (exact) mass is 416 g/mol. The van der Waals surface area contributed by atoms with Crippen molar-refractivity contribution >= 4 is 23.6 Å². The number of nitrogens with one attached hydrogen (secondary N) is 1. The van der Waals surface area contributed by atoms with Crippen LogP contribution in [0.2, 0.25) is 0 Å². The zero-order chi connectivity index (χ0) is 21.2. The number of halogens is 1. The third-order valence-corrected chi connectivity index (χ3v) is 5.49. The molecule has 0 saturated heterocycles. The summed E-state index contributed by atoms with van der Waals surface area (Å²) in [6.07, 6.45) is 0.274. The zero-order valence-corrected chi connectivity index (χ0v) is 18.0. The number of rotatable bonds is 10. The highest BCUT2D eigenvalue weighted by Crippen LogP contribution is 2.20. The first-order valence-corrected chi connectivity index (χ1v) is 10.9. The number of thioether (sulfide) groups is 1. The zero-order valence-electron chi connectivity index (χ0n) is 17.2. The van der Waals surface area contributed by atoms with Crippen LogP contribution >= 0.6 is 11.8 Å². The Morgan fingerprint density at radius 3 is 2.34 bits per heavy atom. The summed E-state index contributed by atoms with van der Waals surface area (Å²) in [6, 6.07) is 15.5. The second-order valence-electron chi connectivity index (χ2n) is 7.34. The highest BCUT2D eigenvalue weighted by molar-refractivity contribution is 7.99. The van der Waals surface area contributed by atoms with Crippen LogP contribution in [0.4, 0.5) is 4.39 Å². The van der Waals surface area contributed by atoms with Crippen molar-refractivity contribution in [2.45, 2.75) is 44.7 Å². The molecule has 0 aliphatic carbocycles. The van der Waals surface area contributed by atoms with Gasteiger partial charge in [0.15, 0.2) is 0 Å². The highest BCUT2D eigenvalue weighted by atomic mass is 32.2. The summed E-state index contributed by atoms with van der Waals surface area (Å²) in [4.78, 5) is 28.1. The number of hydrogen-bond acceptors (Lipinski definition) is 3. The summed E-state index contributed by atoms with van der Waals surface area (Å²) in [6.45, 7) is 6.31. The Hall–Kier alpha value is -2.34. The second-order valence-corrected chi connectivity index (χ2v) is 8.51. The predicted octanol–water partition coefficient (Wildman–Crippen LogP) is 4.50. The van der Waals surface area contributed by atoms with Crippen LogP contribution in [0, 0.1) is 11.7 Å². The quantitative estimate of drug-likeness (QED) is 0.580. The molecule has 0 heterocycles. The highest BCUT2D eigenvalue weighted by Gasteiger charge is 2.26. The fraction of sp³-hybridized carbons (Fsp3) is 0.391. The molecule has 0 aromatic heterocycles. The fourth-order valence-electron chi connectivity index (χ4n) is 2.76. The molecule has 0 fully saturated rings. The summed E-state index contributed by atoms with van der Waals surface area (Å²) in [5.74, 6) is 0.141. The molecule has 1 N–H and O–H groups in total. The Bertz CT molecular complexity index is 798. The van der Waals surface area contributed by atoms with E-state index in [4.69, 9.17) is 0 Å². The van der Waals surface area contributed by atoms with Crippen LogP contribution in [0.5, 0.6) is 0 Å². The van der Waals surface area contributed by atoms with Crippen LogP contribution in [0.25, 0.3) is 0 Å². The molecule has 1 unspecified atom stereocenters. The molecule has 0 aliphatic rings. The Labute approximate surface area is 176 Å². The van der Waals surface area contributed by atoms with Crippen LogP contribution < -0.4 is 5.32 Å². The van der Waals surface area contributed by atoms with Crippen LogP contribution in [0.3, 0.4) is 0 Å². The normalized spacial score (nSPS) is 11.9. The lowest BCUT2D eigenvalue weighted by atomic mass is 10.1. The van der Waals surface area contributed by atoms with E-state index in [1.807, 2.05) is 44.2 Å². The molecule has 29 heavy (non-hydrogen) atoms. The van der Waals surface area contributed by atoms with E-state index >= 15 is 0 Å². The van der Waals surface area contributed by atoms with E-state index in [0.29, 0.717) is 23.8 Å². The van der Waals surface area contributed by atoms with Crippen LogP contribution in [-0.2, 0) is 16.1 Å². The summed E-state index contributed by atoms with van der Waals surface area (Å²) >= 11 is 1.59. The maximum Gasteiger partial charge on any atom is 0.242 e. The Kier molecular flexibility index (Phi) is 9.19.